The van der Waals surface area contributed by atoms with Crippen molar-refractivity contribution in [1.29, 1.82) is 0 Å². The van der Waals surface area contributed by atoms with Gasteiger partial charge in [-0.3, -0.25) is 0 Å². The molecule has 0 atom stereocenters. The van der Waals surface area contributed by atoms with Crippen LogP contribution in [0.2, 0.25) is 0 Å². The van der Waals surface area contributed by atoms with E-state index in [0.717, 1.165) is 30.5 Å². The first-order chi connectivity index (χ1) is 9.20. The second kappa shape index (κ2) is 6.33. The quantitative estimate of drug-likeness (QED) is 0.860. The Balaban J connectivity index is 1.91. The molecule has 5 nitrogen and oxygen atoms in total. The second-order valence-electron chi connectivity index (χ2n) is 4.44. The van der Waals surface area contributed by atoms with Crippen molar-refractivity contribution >= 4 is 0 Å². The van der Waals surface area contributed by atoms with Crippen molar-refractivity contribution in [1.82, 2.24) is 20.1 Å². The molecule has 2 aromatic rings. The molecule has 0 aliphatic rings. The number of hydrogen-bond acceptors (Lipinski definition) is 4. The zero-order valence-electron chi connectivity index (χ0n) is 11.7. The number of ether oxygens (including phenoxy) is 1. The summed E-state index contributed by atoms with van der Waals surface area (Å²) in [5.74, 6) is 2.56. The first-order valence-corrected chi connectivity index (χ1v) is 6.48. The summed E-state index contributed by atoms with van der Waals surface area (Å²) in [7, 11) is 1.94. The number of aryl methyl sites for hydroxylation is 1. The summed E-state index contributed by atoms with van der Waals surface area (Å²) in [6.07, 6.45) is 0. The van der Waals surface area contributed by atoms with Crippen molar-refractivity contribution in [3.63, 3.8) is 0 Å². The number of hydrogen-bond donors (Lipinski definition) is 1. The zero-order chi connectivity index (χ0) is 13.7. The molecule has 2 rings (SSSR count). The van der Waals surface area contributed by atoms with Gasteiger partial charge in [-0.1, -0.05) is 19.1 Å². The molecule has 0 amide bonds. The second-order valence-corrected chi connectivity index (χ2v) is 4.44. The molecule has 0 saturated heterocycles. The van der Waals surface area contributed by atoms with E-state index in [4.69, 9.17) is 4.74 Å². The fraction of sp³-hybridized carbons (Fsp3) is 0.429. The molecule has 0 fully saturated rings. The predicted octanol–water partition coefficient (Wildman–Crippen LogP) is 1.81. The Morgan fingerprint density at radius 1 is 1.21 bits per heavy atom. The van der Waals surface area contributed by atoms with Crippen LogP contribution < -0.4 is 10.1 Å². The molecule has 0 spiro atoms. The van der Waals surface area contributed by atoms with Crippen LogP contribution in [0.3, 0.4) is 0 Å². The van der Waals surface area contributed by atoms with Gasteiger partial charge in [0.05, 0.1) is 0 Å². The van der Waals surface area contributed by atoms with E-state index in [9.17, 15) is 0 Å². The summed E-state index contributed by atoms with van der Waals surface area (Å²) in [5.41, 5.74) is 1.25. The van der Waals surface area contributed by atoms with Crippen molar-refractivity contribution in [3.05, 3.63) is 41.5 Å². The van der Waals surface area contributed by atoms with Crippen molar-refractivity contribution in [2.75, 3.05) is 6.54 Å². The van der Waals surface area contributed by atoms with Gasteiger partial charge in [0.2, 0.25) is 0 Å². The Morgan fingerprint density at radius 3 is 2.53 bits per heavy atom. The third kappa shape index (κ3) is 3.54. The minimum atomic E-state index is 0.434. The Bertz CT molecular complexity index is 519. The SMILES string of the molecule is CCNCc1ccc(OCc2nnc(C)n2C)cc1. The fourth-order valence-electron chi connectivity index (χ4n) is 1.70. The van der Waals surface area contributed by atoms with Crippen LogP contribution in [-0.4, -0.2) is 21.3 Å². The van der Waals surface area contributed by atoms with E-state index in [1.54, 1.807) is 0 Å². The van der Waals surface area contributed by atoms with E-state index in [1.807, 2.05) is 30.7 Å². The molecular weight excluding hydrogens is 240 g/mol. The van der Waals surface area contributed by atoms with Gasteiger partial charge >= 0.3 is 0 Å². The van der Waals surface area contributed by atoms with Crippen LogP contribution in [0.15, 0.2) is 24.3 Å². The molecule has 0 aliphatic heterocycles. The smallest absolute Gasteiger partial charge is 0.170 e. The van der Waals surface area contributed by atoms with E-state index in [2.05, 4.69) is 34.6 Å². The third-order valence-corrected chi connectivity index (χ3v) is 3.05. The maximum atomic E-state index is 5.70. The third-order valence-electron chi connectivity index (χ3n) is 3.05. The number of nitrogens with one attached hydrogen (secondary N) is 1. The van der Waals surface area contributed by atoms with E-state index >= 15 is 0 Å². The zero-order valence-corrected chi connectivity index (χ0v) is 11.7. The molecule has 1 heterocycles. The largest absolute Gasteiger partial charge is 0.486 e. The number of aromatic nitrogens is 3. The summed E-state index contributed by atoms with van der Waals surface area (Å²) in [5, 5.41) is 11.4. The van der Waals surface area contributed by atoms with Gasteiger partial charge in [0.15, 0.2) is 5.82 Å². The van der Waals surface area contributed by atoms with Crippen LogP contribution in [0.1, 0.15) is 24.1 Å². The summed E-state index contributed by atoms with van der Waals surface area (Å²) in [6, 6.07) is 8.10. The lowest BCUT2D eigenvalue weighted by Crippen LogP contribution is -2.11. The lowest BCUT2D eigenvalue weighted by atomic mass is 10.2. The summed E-state index contributed by atoms with van der Waals surface area (Å²) < 4.78 is 7.63. The van der Waals surface area contributed by atoms with Crippen LogP contribution in [-0.2, 0) is 20.2 Å². The normalized spacial score (nSPS) is 10.7. The summed E-state index contributed by atoms with van der Waals surface area (Å²) in [6.45, 7) is 6.32. The fourth-order valence-corrected chi connectivity index (χ4v) is 1.70. The van der Waals surface area contributed by atoms with Gasteiger partial charge in [0, 0.05) is 13.6 Å². The topological polar surface area (TPSA) is 52.0 Å². The first kappa shape index (κ1) is 13.5. The van der Waals surface area contributed by atoms with Gasteiger partial charge in [-0.15, -0.1) is 10.2 Å². The van der Waals surface area contributed by atoms with Crippen molar-refractivity contribution < 1.29 is 4.74 Å². The standard InChI is InChI=1S/C14H20N4O/c1-4-15-9-12-5-7-13(8-6-12)19-10-14-17-16-11(2)18(14)3/h5-8,15H,4,9-10H2,1-3H3. The Kier molecular flexibility index (Phi) is 4.52. The van der Waals surface area contributed by atoms with E-state index in [0.29, 0.717) is 6.61 Å². The molecule has 0 unspecified atom stereocenters. The van der Waals surface area contributed by atoms with Crippen LogP contribution in [0.5, 0.6) is 5.75 Å². The monoisotopic (exact) mass is 260 g/mol. The maximum Gasteiger partial charge on any atom is 0.170 e. The van der Waals surface area contributed by atoms with Gasteiger partial charge in [-0.05, 0) is 31.2 Å². The van der Waals surface area contributed by atoms with Crippen LogP contribution in [0.4, 0.5) is 0 Å². The average molecular weight is 260 g/mol. The highest BCUT2D eigenvalue weighted by Gasteiger charge is 2.05. The minimum absolute atomic E-state index is 0.434. The van der Waals surface area contributed by atoms with E-state index < -0.39 is 0 Å². The molecule has 1 aromatic carbocycles. The molecule has 0 aliphatic carbocycles. The number of rotatable bonds is 6. The molecule has 1 aromatic heterocycles. The van der Waals surface area contributed by atoms with Crippen LogP contribution >= 0.6 is 0 Å². The van der Waals surface area contributed by atoms with Gasteiger partial charge < -0.3 is 14.6 Å². The molecule has 0 radical (unpaired) electrons. The predicted molar refractivity (Wildman–Crippen MR) is 73.9 cm³/mol. The number of nitrogens with zero attached hydrogens (tertiary/aromatic N) is 3. The van der Waals surface area contributed by atoms with Crippen molar-refractivity contribution in [2.24, 2.45) is 7.05 Å². The molecule has 19 heavy (non-hydrogen) atoms. The highest BCUT2D eigenvalue weighted by molar-refractivity contribution is 5.27. The molecule has 1 N–H and O–H groups in total. The highest BCUT2D eigenvalue weighted by atomic mass is 16.5. The van der Waals surface area contributed by atoms with Gasteiger partial charge in [-0.25, -0.2) is 0 Å². The van der Waals surface area contributed by atoms with Crippen molar-refractivity contribution in [3.8, 4) is 5.75 Å². The van der Waals surface area contributed by atoms with Crippen LogP contribution in [0.25, 0.3) is 0 Å². The summed E-state index contributed by atoms with van der Waals surface area (Å²) in [4.78, 5) is 0. The molecule has 0 bridgehead atoms. The average Bonchev–Trinajstić information content (AvgIpc) is 2.75. The first-order valence-electron chi connectivity index (χ1n) is 6.48. The van der Waals surface area contributed by atoms with Gasteiger partial charge in [-0.2, -0.15) is 0 Å². The van der Waals surface area contributed by atoms with Gasteiger partial charge in [0.25, 0.3) is 0 Å². The minimum Gasteiger partial charge on any atom is -0.486 e. The lowest BCUT2D eigenvalue weighted by Gasteiger charge is -2.07. The van der Waals surface area contributed by atoms with E-state index in [-0.39, 0.29) is 0 Å². The Hall–Kier alpha value is -1.88. The maximum absolute atomic E-state index is 5.70. The van der Waals surface area contributed by atoms with E-state index in [1.165, 1.54) is 5.56 Å². The molecule has 0 saturated carbocycles. The molecule has 5 heteroatoms. The Labute approximate surface area is 113 Å². The lowest BCUT2D eigenvalue weighted by molar-refractivity contribution is 0.291. The molecule has 102 valence electrons. The molecular formula is C14H20N4O. The highest BCUT2D eigenvalue weighted by Crippen LogP contribution is 2.13. The van der Waals surface area contributed by atoms with Gasteiger partial charge in [0.1, 0.15) is 18.2 Å². The Morgan fingerprint density at radius 2 is 1.95 bits per heavy atom. The van der Waals surface area contributed by atoms with Crippen molar-refractivity contribution in [2.45, 2.75) is 27.0 Å². The summed E-state index contributed by atoms with van der Waals surface area (Å²) >= 11 is 0. The number of benzene rings is 1. The van der Waals surface area contributed by atoms with Crippen LogP contribution in [0, 0.1) is 6.92 Å².